The predicted molar refractivity (Wildman–Crippen MR) is 87.8 cm³/mol. The highest BCUT2D eigenvalue weighted by Gasteiger charge is 2.25. The van der Waals surface area contributed by atoms with Gasteiger partial charge in [-0.15, -0.1) is 0 Å². The molecule has 0 amide bonds. The quantitative estimate of drug-likeness (QED) is 0.946. The normalized spacial score (nSPS) is 26.5. The van der Waals surface area contributed by atoms with E-state index >= 15 is 0 Å². The summed E-state index contributed by atoms with van der Waals surface area (Å²) in [6, 6.07) is 4.68. The highest BCUT2D eigenvalue weighted by Crippen LogP contribution is 2.32. The van der Waals surface area contributed by atoms with E-state index in [-0.39, 0.29) is 0 Å². The molecule has 2 fully saturated rings. The SMILES string of the molecule is c1cnc2c(c1)nc(CC1CCCNC1)n2C1CCSC1. The molecule has 21 heavy (non-hydrogen) atoms. The second kappa shape index (κ2) is 5.97. The molecule has 2 saturated heterocycles. The van der Waals surface area contributed by atoms with E-state index in [1.165, 1.54) is 43.1 Å². The summed E-state index contributed by atoms with van der Waals surface area (Å²) in [6.07, 6.45) is 6.85. The number of nitrogens with one attached hydrogen (secondary N) is 1. The Balaban J connectivity index is 1.70. The molecule has 0 aromatic carbocycles. The van der Waals surface area contributed by atoms with Crippen LogP contribution >= 0.6 is 11.8 Å². The molecule has 0 bridgehead atoms. The number of imidazole rings is 1. The van der Waals surface area contributed by atoms with Gasteiger partial charge in [0.05, 0.1) is 0 Å². The molecule has 2 aliphatic heterocycles. The number of hydrogen-bond donors (Lipinski definition) is 1. The van der Waals surface area contributed by atoms with Gasteiger partial charge in [0.25, 0.3) is 0 Å². The topological polar surface area (TPSA) is 42.7 Å². The van der Waals surface area contributed by atoms with Gasteiger partial charge in [-0.25, -0.2) is 9.97 Å². The van der Waals surface area contributed by atoms with Crippen molar-refractivity contribution in [2.75, 3.05) is 24.6 Å². The van der Waals surface area contributed by atoms with Crippen LogP contribution in [0.5, 0.6) is 0 Å². The van der Waals surface area contributed by atoms with Crippen LogP contribution in [-0.2, 0) is 6.42 Å². The van der Waals surface area contributed by atoms with Crippen LogP contribution in [0.3, 0.4) is 0 Å². The van der Waals surface area contributed by atoms with Gasteiger partial charge in [0.2, 0.25) is 0 Å². The first-order valence-electron chi connectivity index (χ1n) is 8.02. The fourth-order valence-electron chi connectivity index (χ4n) is 3.59. The van der Waals surface area contributed by atoms with Crippen LogP contribution in [0.25, 0.3) is 11.2 Å². The van der Waals surface area contributed by atoms with Crippen LogP contribution in [0.4, 0.5) is 0 Å². The second-order valence-electron chi connectivity index (χ2n) is 6.18. The molecule has 5 heteroatoms. The van der Waals surface area contributed by atoms with Crippen molar-refractivity contribution in [3.63, 3.8) is 0 Å². The van der Waals surface area contributed by atoms with Gasteiger partial charge < -0.3 is 9.88 Å². The monoisotopic (exact) mass is 302 g/mol. The van der Waals surface area contributed by atoms with Crippen LogP contribution < -0.4 is 5.32 Å². The van der Waals surface area contributed by atoms with Gasteiger partial charge in [-0.2, -0.15) is 11.8 Å². The maximum absolute atomic E-state index is 4.91. The zero-order valence-electron chi connectivity index (χ0n) is 12.3. The molecule has 0 aliphatic carbocycles. The van der Waals surface area contributed by atoms with Gasteiger partial charge in [0.15, 0.2) is 5.65 Å². The first kappa shape index (κ1) is 13.6. The van der Waals surface area contributed by atoms with Gasteiger partial charge in [-0.1, -0.05) is 0 Å². The van der Waals surface area contributed by atoms with Crippen molar-refractivity contribution in [1.82, 2.24) is 19.9 Å². The van der Waals surface area contributed by atoms with Gasteiger partial charge >= 0.3 is 0 Å². The molecule has 0 saturated carbocycles. The lowest BCUT2D eigenvalue weighted by Gasteiger charge is -2.23. The number of fused-ring (bicyclic) bond motifs is 1. The van der Waals surface area contributed by atoms with E-state index in [2.05, 4.69) is 32.7 Å². The average Bonchev–Trinajstić information content (AvgIpc) is 3.14. The molecule has 1 N–H and O–H groups in total. The highest BCUT2D eigenvalue weighted by atomic mass is 32.2. The average molecular weight is 302 g/mol. The minimum atomic E-state index is 0.585. The number of hydrogen-bond acceptors (Lipinski definition) is 4. The van der Waals surface area contributed by atoms with E-state index in [1.807, 2.05) is 12.3 Å². The van der Waals surface area contributed by atoms with Crippen molar-refractivity contribution in [2.45, 2.75) is 31.7 Å². The molecule has 0 radical (unpaired) electrons. The number of aromatic nitrogens is 3. The minimum absolute atomic E-state index is 0.585. The molecule has 2 aromatic rings. The molecule has 2 aliphatic rings. The van der Waals surface area contributed by atoms with Crippen molar-refractivity contribution in [3.8, 4) is 0 Å². The summed E-state index contributed by atoms with van der Waals surface area (Å²) in [4.78, 5) is 9.53. The smallest absolute Gasteiger partial charge is 0.160 e. The second-order valence-corrected chi connectivity index (χ2v) is 7.33. The lowest BCUT2D eigenvalue weighted by atomic mass is 9.96. The minimum Gasteiger partial charge on any atom is -0.316 e. The summed E-state index contributed by atoms with van der Waals surface area (Å²) in [6.45, 7) is 2.31. The fourth-order valence-corrected chi connectivity index (χ4v) is 4.78. The number of pyridine rings is 1. The van der Waals surface area contributed by atoms with Crippen molar-refractivity contribution in [3.05, 3.63) is 24.2 Å². The summed E-state index contributed by atoms with van der Waals surface area (Å²) in [5.41, 5.74) is 2.15. The summed E-state index contributed by atoms with van der Waals surface area (Å²) in [5, 5.41) is 3.52. The first-order valence-corrected chi connectivity index (χ1v) is 9.17. The summed E-state index contributed by atoms with van der Waals surface area (Å²) in [5.74, 6) is 4.45. The Hall–Kier alpha value is -1.07. The third-order valence-corrected chi connectivity index (χ3v) is 5.81. The molecule has 2 atom stereocenters. The highest BCUT2D eigenvalue weighted by molar-refractivity contribution is 7.99. The van der Waals surface area contributed by atoms with E-state index in [0.717, 1.165) is 30.0 Å². The Morgan fingerprint density at radius 2 is 2.38 bits per heavy atom. The largest absolute Gasteiger partial charge is 0.316 e. The maximum Gasteiger partial charge on any atom is 0.160 e. The maximum atomic E-state index is 4.91. The van der Waals surface area contributed by atoms with Gasteiger partial charge in [0.1, 0.15) is 11.3 Å². The van der Waals surface area contributed by atoms with Crippen LogP contribution in [0.1, 0.15) is 31.1 Å². The summed E-state index contributed by atoms with van der Waals surface area (Å²) < 4.78 is 2.45. The third kappa shape index (κ3) is 2.69. The lowest BCUT2D eigenvalue weighted by molar-refractivity contribution is 0.363. The van der Waals surface area contributed by atoms with E-state index < -0.39 is 0 Å². The molecule has 2 unspecified atom stereocenters. The molecule has 4 rings (SSSR count). The van der Waals surface area contributed by atoms with Gasteiger partial charge in [-0.05, 0) is 56.2 Å². The van der Waals surface area contributed by atoms with Crippen LogP contribution in [-0.4, -0.2) is 39.1 Å². The van der Waals surface area contributed by atoms with Crippen molar-refractivity contribution in [2.24, 2.45) is 5.92 Å². The van der Waals surface area contributed by atoms with Gasteiger partial charge in [-0.3, -0.25) is 0 Å². The molecular weight excluding hydrogens is 280 g/mol. The Bertz CT molecular complexity index is 612. The van der Waals surface area contributed by atoms with Crippen LogP contribution in [0, 0.1) is 5.92 Å². The Morgan fingerprint density at radius 3 is 3.19 bits per heavy atom. The zero-order valence-corrected chi connectivity index (χ0v) is 13.1. The number of piperidine rings is 1. The molecule has 0 spiro atoms. The fraction of sp³-hybridized carbons (Fsp3) is 0.625. The molecule has 4 nitrogen and oxygen atoms in total. The van der Waals surface area contributed by atoms with Crippen molar-refractivity contribution >= 4 is 22.9 Å². The Labute approximate surface area is 129 Å². The number of nitrogens with zero attached hydrogens (tertiary/aromatic N) is 3. The first-order chi connectivity index (χ1) is 10.4. The summed E-state index contributed by atoms with van der Waals surface area (Å²) >= 11 is 2.06. The molecular formula is C16H22N4S. The Morgan fingerprint density at radius 1 is 1.38 bits per heavy atom. The van der Waals surface area contributed by atoms with E-state index in [0.29, 0.717) is 6.04 Å². The number of rotatable bonds is 3. The predicted octanol–water partition coefficient (Wildman–Crippen LogP) is 2.65. The lowest BCUT2D eigenvalue weighted by Crippen LogP contribution is -2.31. The van der Waals surface area contributed by atoms with E-state index in [1.54, 1.807) is 0 Å². The van der Waals surface area contributed by atoms with Crippen LogP contribution in [0.2, 0.25) is 0 Å². The van der Waals surface area contributed by atoms with Gasteiger partial charge in [0, 0.05) is 24.4 Å². The van der Waals surface area contributed by atoms with Crippen molar-refractivity contribution in [1.29, 1.82) is 0 Å². The molecule has 4 heterocycles. The van der Waals surface area contributed by atoms with Crippen molar-refractivity contribution < 1.29 is 0 Å². The molecule has 112 valence electrons. The van der Waals surface area contributed by atoms with Crippen LogP contribution in [0.15, 0.2) is 18.3 Å². The standard InChI is InChI=1S/C16H22N4S/c1-3-12(10-17-6-1)9-15-19-14-4-2-7-18-16(14)20(15)13-5-8-21-11-13/h2,4,7,12-13,17H,1,3,5-6,8-11H2. The number of thioether (sulfide) groups is 1. The third-order valence-electron chi connectivity index (χ3n) is 4.66. The zero-order chi connectivity index (χ0) is 14.1. The van der Waals surface area contributed by atoms with E-state index in [9.17, 15) is 0 Å². The summed E-state index contributed by atoms with van der Waals surface area (Å²) in [7, 11) is 0. The molecule has 2 aromatic heterocycles. The Kier molecular flexibility index (Phi) is 3.86. The van der Waals surface area contributed by atoms with E-state index in [4.69, 9.17) is 4.98 Å².